The molecule has 2 unspecified atom stereocenters. The molecular weight excluding hydrogens is 378 g/mol. The molecule has 2 aromatic carbocycles. The largest absolute Gasteiger partial charge is 0.366 e. The van der Waals surface area contributed by atoms with Crippen LogP contribution in [0.4, 0.5) is 14.5 Å². The number of amides is 1. The summed E-state index contributed by atoms with van der Waals surface area (Å²) in [5.74, 6) is 0.0888. The molecule has 2 heterocycles. The van der Waals surface area contributed by atoms with Gasteiger partial charge in [0.05, 0.1) is 11.0 Å². The van der Waals surface area contributed by atoms with E-state index in [9.17, 15) is 13.6 Å². The van der Waals surface area contributed by atoms with Crippen LogP contribution in [0.5, 0.6) is 0 Å². The second-order valence-electron chi connectivity index (χ2n) is 7.28. The zero-order chi connectivity index (χ0) is 20.4. The Kier molecular flexibility index (Phi) is 5.55. The fourth-order valence-corrected chi connectivity index (χ4v) is 3.54. The van der Waals surface area contributed by atoms with Crippen LogP contribution in [0, 0.1) is 5.82 Å². The van der Waals surface area contributed by atoms with Crippen molar-refractivity contribution in [3.63, 3.8) is 0 Å². The second kappa shape index (κ2) is 8.26. The Morgan fingerprint density at radius 1 is 1.28 bits per heavy atom. The molecule has 6 nitrogen and oxygen atoms in total. The highest BCUT2D eigenvalue weighted by molar-refractivity contribution is 5.88. The summed E-state index contributed by atoms with van der Waals surface area (Å²) in [6.45, 7) is 2.97. The van der Waals surface area contributed by atoms with Gasteiger partial charge >= 0.3 is 0 Å². The van der Waals surface area contributed by atoms with Gasteiger partial charge < -0.3 is 15.0 Å². The van der Waals surface area contributed by atoms with E-state index in [2.05, 4.69) is 15.3 Å². The Hall–Kier alpha value is -2.84. The van der Waals surface area contributed by atoms with Crippen LogP contribution in [-0.2, 0) is 22.7 Å². The van der Waals surface area contributed by atoms with E-state index >= 15 is 0 Å². The van der Waals surface area contributed by atoms with Gasteiger partial charge in [0.25, 0.3) is 0 Å². The summed E-state index contributed by atoms with van der Waals surface area (Å²) in [6.07, 6.45) is -1.63. The number of aromatic nitrogens is 2. The van der Waals surface area contributed by atoms with Gasteiger partial charge in [-0.2, -0.15) is 0 Å². The molecule has 1 aliphatic heterocycles. The lowest BCUT2D eigenvalue weighted by atomic mass is 10.2. The van der Waals surface area contributed by atoms with Gasteiger partial charge in [0, 0.05) is 32.2 Å². The monoisotopic (exact) mass is 400 g/mol. The highest BCUT2D eigenvalue weighted by atomic mass is 19.1. The molecule has 1 fully saturated rings. The van der Waals surface area contributed by atoms with Crippen molar-refractivity contribution in [3.8, 4) is 0 Å². The fraction of sp³-hybridized carbons (Fsp3) is 0.333. The van der Waals surface area contributed by atoms with Crippen LogP contribution < -0.4 is 5.32 Å². The number of hydrogen-bond acceptors (Lipinski definition) is 4. The van der Waals surface area contributed by atoms with Crippen molar-refractivity contribution in [3.05, 3.63) is 59.7 Å². The first kappa shape index (κ1) is 19.5. The fourth-order valence-electron chi connectivity index (χ4n) is 3.54. The van der Waals surface area contributed by atoms with Crippen molar-refractivity contribution >= 4 is 22.6 Å². The topological polar surface area (TPSA) is 70.2 Å². The standard InChI is InChI=1S/C21H22F2N4O2/c1-13(28)24-16-5-2-14(3-6-16)9-27-10-17(23)20(11-27)29-12-21-25-18-7-4-15(22)8-19(18)26-21/h2-8,17,20H,9-12H2,1H3,(H,24,28)(H,25,26). The number of likely N-dealkylation sites (tertiary alicyclic amines) is 1. The number of imidazole rings is 1. The van der Waals surface area contributed by atoms with E-state index < -0.39 is 12.3 Å². The number of hydrogen-bond donors (Lipinski definition) is 2. The first-order valence-corrected chi connectivity index (χ1v) is 9.45. The van der Waals surface area contributed by atoms with Crippen LogP contribution in [0.2, 0.25) is 0 Å². The van der Waals surface area contributed by atoms with E-state index in [0.29, 0.717) is 36.5 Å². The number of nitrogens with one attached hydrogen (secondary N) is 2. The van der Waals surface area contributed by atoms with Gasteiger partial charge in [-0.25, -0.2) is 13.8 Å². The van der Waals surface area contributed by atoms with Crippen LogP contribution in [-0.4, -0.2) is 46.1 Å². The average molecular weight is 400 g/mol. The average Bonchev–Trinajstić information content (AvgIpc) is 3.23. The quantitative estimate of drug-likeness (QED) is 0.665. The molecule has 0 radical (unpaired) electrons. The highest BCUT2D eigenvalue weighted by Gasteiger charge is 2.33. The number of fused-ring (bicyclic) bond motifs is 1. The Bertz CT molecular complexity index is 1010. The van der Waals surface area contributed by atoms with Crippen LogP contribution >= 0.6 is 0 Å². The molecule has 0 bridgehead atoms. The SMILES string of the molecule is CC(=O)Nc1ccc(CN2CC(F)C(OCc3nc4ccc(F)cc4[nH]3)C2)cc1. The number of ether oxygens (including phenoxy) is 1. The van der Waals surface area contributed by atoms with E-state index in [1.807, 2.05) is 29.2 Å². The maximum absolute atomic E-state index is 14.4. The van der Waals surface area contributed by atoms with Gasteiger partial charge in [-0.3, -0.25) is 9.69 Å². The molecule has 4 rings (SSSR count). The van der Waals surface area contributed by atoms with Crippen molar-refractivity contribution in [2.45, 2.75) is 32.4 Å². The molecule has 0 aliphatic carbocycles. The molecule has 1 aromatic heterocycles. The van der Waals surface area contributed by atoms with E-state index in [1.54, 1.807) is 6.07 Å². The summed E-state index contributed by atoms with van der Waals surface area (Å²) in [7, 11) is 0. The Balaban J connectivity index is 1.31. The summed E-state index contributed by atoms with van der Waals surface area (Å²) in [6, 6.07) is 11.8. The molecule has 1 saturated heterocycles. The van der Waals surface area contributed by atoms with E-state index in [4.69, 9.17) is 4.74 Å². The number of rotatable bonds is 6. The summed E-state index contributed by atoms with van der Waals surface area (Å²) < 4.78 is 33.4. The first-order valence-electron chi connectivity index (χ1n) is 9.45. The summed E-state index contributed by atoms with van der Waals surface area (Å²) in [4.78, 5) is 20.4. The highest BCUT2D eigenvalue weighted by Crippen LogP contribution is 2.21. The predicted molar refractivity (Wildman–Crippen MR) is 106 cm³/mol. The smallest absolute Gasteiger partial charge is 0.221 e. The van der Waals surface area contributed by atoms with E-state index in [-0.39, 0.29) is 18.3 Å². The molecule has 2 atom stereocenters. The molecular formula is C21H22F2N4O2. The lowest BCUT2D eigenvalue weighted by molar-refractivity contribution is -0.114. The molecule has 1 amide bonds. The third kappa shape index (κ3) is 4.78. The molecule has 8 heteroatoms. The summed E-state index contributed by atoms with van der Waals surface area (Å²) in [5, 5.41) is 2.72. The lowest BCUT2D eigenvalue weighted by Crippen LogP contribution is -2.24. The van der Waals surface area contributed by atoms with Crippen molar-refractivity contribution in [2.24, 2.45) is 0 Å². The van der Waals surface area contributed by atoms with Crippen molar-refractivity contribution in [1.82, 2.24) is 14.9 Å². The Morgan fingerprint density at radius 2 is 2.07 bits per heavy atom. The van der Waals surface area contributed by atoms with Gasteiger partial charge in [0.15, 0.2) is 0 Å². The van der Waals surface area contributed by atoms with Crippen molar-refractivity contribution in [1.29, 1.82) is 0 Å². The number of nitrogens with zero attached hydrogens (tertiary/aromatic N) is 2. The van der Waals surface area contributed by atoms with Gasteiger partial charge in [0.2, 0.25) is 5.91 Å². The molecule has 0 spiro atoms. The number of H-pyrrole nitrogens is 1. The predicted octanol–water partition coefficient (Wildman–Crippen LogP) is 3.40. The second-order valence-corrected chi connectivity index (χ2v) is 7.28. The van der Waals surface area contributed by atoms with Crippen LogP contribution in [0.1, 0.15) is 18.3 Å². The molecule has 29 heavy (non-hydrogen) atoms. The zero-order valence-electron chi connectivity index (χ0n) is 16.0. The first-order chi connectivity index (χ1) is 14.0. The van der Waals surface area contributed by atoms with Gasteiger partial charge in [0.1, 0.15) is 30.5 Å². The Labute approximate surface area is 166 Å². The maximum atomic E-state index is 14.4. The van der Waals surface area contributed by atoms with Crippen LogP contribution in [0.3, 0.4) is 0 Å². The minimum absolute atomic E-state index is 0.118. The number of carbonyl (C=O) groups is 1. The van der Waals surface area contributed by atoms with Crippen molar-refractivity contribution < 1.29 is 18.3 Å². The molecule has 1 aliphatic rings. The van der Waals surface area contributed by atoms with E-state index in [1.165, 1.54) is 19.1 Å². The minimum Gasteiger partial charge on any atom is -0.366 e. The number of halogens is 2. The van der Waals surface area contributed by atoms with Crippen molar-refractivity contribution in [2.75, 3.05) is 18.4 Å². The van der Waals surface area contributed by atoms with Gasteiger partial charge in [-0.05, 0) is 35.9 Å². The van der Waals surface area contributed by atoms with Crippen LogP contribution in [0.15, 0.2) is 42.5 Å². The third-order valence-electron chi connectivity index (χ3n) is 4.88. The van der Waals surface area contributed by atoms with Crippen LogP contribution in [0.25, 0.3) is 11.0 Å². The summed E-state index contributed by atoms with van der Waals surface area (Å²) in [5.41, 5.74) is 3.01. The molecule has 2 N–H and O–H groups in total. The number of alkyl halides is 1. The molecule has 0 saturated carbocycles. The Morgan fingerprint density at radius 3 is 2.83 bits per heavy atom. The number of benzene rings is 2. The third-order valence-corrected chi connectivity index (χ3v) is 4.88. The zero-order valence-corrected chi connectivity index (χ0v) is 16.0. The molecule has 3 aromatic rings. The lowest BCUT2D eigenvalue weighted by Gasteiger charge is -2.16. The van der Waals surface area contributed by atoms with Gasteiger partial charge in [-0.15, -0.1) is 0 Å². The van der Waals surface area contributed by atoms with Gasteiger partial charge in [-0.1, -0.05) is 12.1 Å². The molecule has 152 valence electrons. The number of anilines is 1. The maximum Gasteiger partial charge on any atom is 0.221 e. The number of carbonyl (C=O) groups excluding carboxylic acids is 1. The van der Waals surface area contributed by atoms with E-state index in [0.717, 1.165) is 11.3 Å². The summed E-state index contributed by atoms with van der Waals surface area (Å²) >= 11 is 0. The normalized spacial score (nSPS) is 19.7. The minimum atomic E-state index is -1.09. The number of aromatic amines is 1.